The van der Waals surface area contributed by atoms with Crippen LogP contribution >= 0.6 is 22.9 Å². The molecule has 0 saturated carbocycles. The van der Waals surface area contributed by atoms with Gasteiger partial charge < -0.3 is 5.32 Å². The lowest BCUT2D eigenvalue weighted by Crippen LogP contribution is -2.06. The van der Waals surface area contributed by atoms with E-state index in [2.05, 4.69) is 42.3 Å². The van der Waals surface area contributed by atoms with Crippen molar-refractivity contribution in [2.75, 3.05) is 5.32 Å². The molecule has 3 rings (SSSR count). The van der Waals surface area contributed by atoms with Crippen LogP contribution in [0.15, 0.2) is 42.5 Å². The highest BCUT2D eigenvalue weighted by atomic mass is 35.5. The number of hydrogen-bond acceptors (Lipinski definition) is 3. The van der Waals surface area contributed by atoms with Gasteiger partial charge in [-0.1, -0.05) is 47.2 Å². The molecule has 0 amide bonds. The van der Waals surface area contributed by atoms with Crippen molar-refractivity contribution in [3.63, 3.8) is 0 Å². The summed E-state index contributed by atoms with van der Waals surface area (Å²) in [5.74, 6) is 0. The van der Waals surface area contributed by atoms with E-state index in [4.69, 9.17) is 11.6 Å². The van der Waals surface area contributed by atoms with E-state index >= 15 is 0 Å². The Balaban J connectivity index is 1.87. The highest BCUT2D eigenvalue weighted by molar-refractivity contribution is 7.22. The first kappa shape index (κ1) is 13.4. The molecule has 1 atom stereocenters. The summed E-state index contributed by atoms with van der Waals surface area (Å²) in [5.41, 5.74) is 3.36. The first-order valence-corrected chi connectivity index (χ1v) is 7.71. The van der Waals surface area contributed by atoms with Crippen molar-refractivity contribution < 1.29 is 0 Å². The zero-order valence-corrected chi connectivity index (χ0v) is 12.9. The Labute approximate surface area is 127 Å². The molecule has 102 valence electrons. The van der Waals surface area contributed by atoms with Gasteiger partial charge >= 0.3 is 0 Å². The predicted octanol–water partition coefficient (Wildman–Crippen LogP) is 5.43. The molecule has 0 saturated heterocycles. The van der Waals surface area contributed by atoms with Crippen LogP contribution in [0.25, 0.3) is 10.2 Å². The molecule has 0 aliphatic heterocycles. The number of benzene rings is 2. The third-order valence-corrected chi connectivity index (χ3v) is 4.57. The number of nitrogens with zero attached hydrogens (tertiary/aromatic N) is 1. The first-order chi connectivity index (χ1) is 9.63. The molecular formula is C16H15ClN2S. The number of aryl methyl sites for hydroxylation is 1. The van der Waals surface area contributed by atoms with Gasteiger partial charge in [0.25, 0.3) is 0 Å². The molecule has 2 aromatic carbocycles. The Bertz CT molecular complexity index is 751. The second kappa shape index (κ2) is 5.43. The quantitative estimate of drug-likeness (QED) is 0.697. The van der Waals surface area contributed by atoms with Crippen LogP contribution < -0.4 is 5.32 Å². The fraction of sp³-hybridized carbons (Fsp3) is 0.188. The van der Waals surface area contributed by atoms with Gasteiger partial charge in [-0.3, -0.25) is 0 Å². The van der Waals surface area contributed by atoms with Crippen molar-refractivity contribution in [1.29, 1.82) is 0 Å². The number of anilines is 1. The molecule has 1 heterocycles. The van der Waals surface area contributed by atoms with Crippen molar-refractivity contribution in [2.24, 2.45) is 0 Å². The first-order valence-electron chi connectivity index (χ1n) is 6.51. The molecule has 3 aromatic rings. The second-order valence-corrected chi connectivity index (χ2v) is 6.32. The molecule has 1 unspecified atom stereocenters. The minimum atomic E-state index is 0.130. The van der Waals surface area contributed by atoms with Crippen molar-refractivity contribution in [3.05, 3.63) is 58.6 Å². The van der Waals surface area contributed by atoms with Gasteiger partial charge in [-0.15, -0.1) is 0 Å². The molecular weight excluding hydrogens is 288 g/mol. The average Bonchev–Trinajstić information content (AvgIpc) is 2.80. The molecule has 20 heavy (non-hydrogen) atoms. The molecule has 0 aliphatic rings. The number of aromatic nitrogens is 1. The summed E-state index contributed by atoms with van der Waals surface area (Å²) in [5, 5.41) is 5.14. The Hall–Kier alpha value is -1.58. The molecule has 0 bridgehead atoms. The number of hydrogen-bond donors (Lipinski definition) is 1. The highest BCUT2D eigenvalue weighted by Gasteiger charge is 2.11. The van der Waals surface area contributed by atoms with E-state index in [0.29, 0.717) is 0 Å². The van der Waals surface area contributed by atoms with Crippen LogP contribution in [-0.2, 0) is 0 Å². The van der Waals surface area contributed by atoms with E-state index in [1.165, 1.54) is 10.3 Å². The SMILES string of the molecule is Cc1ccc2sc(NC(C)c3ccccc3Cl)nc2c1. The predicted molar refractivity (Wildman–Crippen MR) is 87.8 cm³/mol. The van der Waals surface area contributed by atoms with E-state index in [1.54, 1.807) is 11.3 Å². The summed E-state index contributed by atoms with van der Waals surface area (Å²) >= 11 is 7.90. The minimum absolute atomic E-state index is 0.130. The van der Waals surface area contributed by atoms with Crippen LogP contribution in [0.4, 0.5) is 5.13 Å². The molecule has 0 fully saturated rings. The van der Waals surface area contributed by atoms with E-state index in [1.807, 2.05) is 24.3 Å². The van der Waals surface area contributed by atoms with Gasteiger partial charge in [-0.05, 0) is 43.2 Å². The van der Waals surface area contributed by atoms with Crippen LogP contribution in [0.3, 0.4) is 0 Å². The van der Waals surface area contributed by atoms with Crippen LogP contribution in [0.1, 0.15) is 24.1 Å². The van der Waals surface area contributed by atoms with Gasteiger partial charge in [0.15, 0.2) is 5.13 Å². The van der Waals surface area contributed by atoms with E-state index in [-0.39, 0.29) is 6.04 Å². The van der Waals surface area contributed by atoms with Gasteiger partial charge in [0.2, 0.25) is 0 Å². The molecule has 0 aliphatic carbocycles. The Morgan fingerprint density at radius 2 is 2.00 bits per heavy atom. The van der Waals surface area contributed by atoms with Crippen LogP contribution in [0.2, 0.25) is 5.02 Å². The van der Waals surface area contributed by atoms with Crippen LogP contribution in [-0.4, -0.2) is 4.98 Å². The molecule has 1 N–H and O–H groups in total. The third-order valence-electron chi connectivity index (χ3n) is 3.25. The molecule has 2 nitrogen and oxygen atoms in total. The maximum Gasteiger partial charge on any atom is 0.184 e. The zero-order valence-electron chi connectivity index (χ0n) is 11.4. The van der Waals surface area contributed by atoms with Crippen molar-refractivity contribution in [2.45, 2.75) is 19.9 Å². The van der Waals surface area contributed by atoms with Gasteiger partial charge in [0.05, 0.1) is 16.3 Å². The maximum atomic E-state index is 6.23. The van der Waals surface area contributed by atoms with Crippen molar-refractivity contribution in [3.8, 4) is 0 Å². The number of fused-ring (bicyclic) bond motifs is 1. The third kappa shape index (κ3) is 2.65. The minimum Gasteiger partial charge on any atom is -0.355 e. The summed E-state index contributed by atoms with van der Waals surface area (Å²) < 4.78 is 1.20. The monoisotopic (exact) mass is 302 g/mol. The molecule has 4 heteroatoms. The maximum absolute atomic E-state index is 6.23. The standard InChI is InChI=1S/C16H15ClN2S/c1-10-7-8-15-14(9-10)19-16(20-15)18-11(2)12-5-3-4-6-13(12)17/h3-9,11H,1-2H3,(H,18,19). The number of rotatable bonds is 3. The van der Waals surface area contributed by atoms with Gasteiger partial charge in [0, 0.05) is 5.02 Å². The van der Waals surface area contributed by atoms with Crippen LogP contribution in [0.5, 0.6) is 0 Å². The summed E-state index contributed by atoms with van der Waals surface area (Å²) in [6.07, 6.45) is 0. The van der Waals surface area contributed by atoms with E-state index in [0.717, 1.165) is 21.2 Å². The summed E-state index contributed by atoms with van der Waals surface area (Å²) in [7, 11) is 0. The van der Waals surface area contributed by atoms with Crippen LogP contribution in [0, 0.1) is 6.92 Å². The molecule has 1 aromatic heterocycles. The highest BCUT2D eigenvalue weighted by Crippen LogP contribution is 2.31. The normalized spacial score (nSPS) is 12.6. The molecule has 0 radical (unpaired) electrons. The molecule has 0 spiro atoms. The Kier molecular flexibility index (Phi) is 3.64. The number of nitrogens with one attached hydrogen (secondary N) is 1. The summed E-state index contributed by atoms with van der Waals surface area (Å²) in [4.78, 5) is 4.63. The zero-order chi connectivity index (χ0) is 14.1. The number of thiazole rings is 1. The fourth-order valence-electron chi connectivity index (χ4n) is 2.19. The lowest BCUT2D eigenvalue weighted by molar-refractivity contribution is 0.883. The largest absolute Gasteiger partial charge is 0.355 e. The van der Waals surface area contributed by atoms with E-state index in [9.17, 15) is 0 Å². The summed E-state index contributed by atoms with van der Waals surface area (Å²) in [6, 6.07) is 14.4. The van der Waals surface area contributed by atoms with E-state index < -0.39 is 0 Å². The van der Waals surface area contributed by atoms with Gasteiger partial charge in [0.1, 0.15) is 0 Å². The Morgan fingerprint density at radius 3 is 2.80 bits per heavy atom. The fourth-order valence-corrected chi connectivity index (χ4v) is 3.42. The average molecular weight is 303 g/mol. The lowest BCUT2D eigenvalue weighted by Gasteiger charge is -2.14. The number of halogens is 1. The van der Waals surface area contributed by atoms with Gasteiger partial charge in [-0.2, -0.15) is 0 Å². The van der Waals surface area contributed by atoms with Crippen molar-refractivity contribution in [1.82, 2.24) is 4.98 Å². The Morgan fingerprint density at radius 1 is 1.20 bits per heavy atom. The second-order valence-electron chi connectivity index (χ2n) is 4.88. The summed E-state index contributed by atoms with van der Waals surface area (Å²) in [6.45, 7) is 4.18. The smallest absolute Gasteiger partial charge is 0.184 e. The van der Waals surface area contributed by atoms with Gasteiger partial charge in [-0.25, -0.2) is 4.98 Å². The van der Waals surface area contributed by atoms with Crippen molar-refractivity contribution >= 4 is 38.3 Å². The topological polar surface area (TPSA) is 24.9 Å². The lowest BCUT2D eigenvalue weighted by atomic mass is 10.1.